The number of piperidine rings is 2. The summed E-state index contributed by atoms with van der Waals surface area (Å²) in [6.07, 6.45) is -3.79. The number of nitrogens with one attached hydrogen (secondary N) is 3. The molecule has 9 nitrogen and oxygen atoms in total. The lowest BCUT2D eigenvalue weighted by molar-refractivity contribution is -0.176. The lowest BCUT2D eigenvalue weighted by Crippen LogP contribution is -2.63. The summed E-state index contributed by atoms with van der Waals surface area (Å²) in [5, 5.41) is 16.8. The Balaban J connectivity index is 1.57. The standard InChI is InChI=1S/C24H32F3N5O4/c1-20(2,3)14(31-19(36)24(25,26)27)18(35)32-11-22-10-23(22,21(22,4)5)15(32)17(34)30-13(9-28)8-12-6-7-29-16(12)33/h12-15H,6-8,10-11H2,1-5H3,(H,29,33)(H,30,34)(H,31,36)/t12-,13-,14+,15+,22?,23?/m0/s1. The van der Waals surface area contributed by atoms with E-state index in [9.17, 15) is 37.6 Å². The van der Waals surface area contributed by atoms with Crippen molar-refractivity contribution in [2.24, 2.45) is 27.6 Å². The summed E-state index contributed by atoms with van der Waals surface area (Å²) in [5.74, 6) is -4.13. The van der Waals surface area contributed by atoms with E-state index < -0.39 is 58.8 Å². The van der Waals surface area contributed by atoms with Crippen LogP contribution in [0.4, 0.5) is 13.2 Å². The molecule has 4 aliphatic rings. The largest absolute Gasteiger partial charge is 0.471 e. The Morgan fingerprint density at radius 1 is 1.22 bits per heavy atom. The summed E-state index contributed by atoms with van der Waals surface area (Å²) >= 11 is 0. The Labute approximate surface area is 207 Å². The molecule has 0 aromatic heterocycles. The average Bonchev–Trinajstić information content (AvgIpc) is 3.32. The Morgan fingerprint density at radius 2 is 1.86 bits per heavy atom. The van der Waals surface area contributed by atoms with Gasteiger partial charge in [0.05, 0.1) is 6.07 Å². The van der Waals surface area contributed by atoms with Gasteiger partial charge in [0.1, 0.15) is 18.1 Å². The van der Waals surface area contributed by atoms with Crippen LogP contribution in [0.15, 0.2) is 0 Å². The van der Waals surface area contributed by atoms with Crippen LogP contribution in [0.25, 0.3) is 0 Å². The second kappa shape index (κ2) is 7.83. The second-order valence-electron chi connectivity index (χ2n) is 12.2. The van der Waals surface area contributed by atoms with Gasteiger partial charge in [0, 0.05) is 29.8 Å². The van der Waals surface area contributed by atoms with Crippen LogP contribution in [0.1, 0.15) is 53.9 Å². The van der Waals surface area contributed by atoms with Crippen LogP contribution in [-0.4, -0.2) is 65.9 Å². The van der Waals surface area contributed by atoms with E-state index >= 15 is 0 Å². The molecule has 12 heteroatoms. The highest BCUT2D eigenvalue weighted by atomic mass is 19.4. The zero-order chi connectivity index (χ0) is 27.1. The molecule has 36 heavy (non-hydrogen) atoms. The number of hydrogen-bond donors (Lipinski definition) is 3. The first kappa shape index (κ1) is 26.2. The predicted molar refractivity (Wildman–Crippen MR) is 119 cm³/mol. The highest BCUT2D eigenvalue weighted by Crippen LogP contribution is 3.00. The molecule has 0 radical (unpaired) electrons. The monoisotopic (exact) mass is 511 g/mol. The maximum atomic E-state index is 13.6. The number of halogens is 3. The number of carbonyl (C=O) groups excluding carboxylic acids is 4. The number of nitrogens with zero attached hydrogens (tertiary/aromatic N) is 2. The Morgan fingerprint density at radius 3 is 2.33 bits per heavy atom. The predicted octanol–water partition coefficient (Wildman–Crippen LogP) is 1.24. The van der Waals surface area contributed by atoms with Gasteiger partial charge in [-0.1, -0.05) is 34.6 Å². The highest BCUT2D eigenvalue weighted by molar-refractivity contribution is 5.96. The van der Waals surface area contributed by atoms with Crippen molar-refractivity contribution in [2.75, 3.05) is 13.1 Å². The molecular formula is C24H32F3N5O4. The first-order valence-corrected chi connectivity index (χ1v) is 12.1. The summed E-state index contributed by atoms with van der Waals surface area (Å²) in [6, 6.07) is -1.44. The molecule has 3 N–H and O–H groups in total. The minimum absolute atomic E-state index is 0.128. The molecule has 4 amide bonds. The van der Waals surface area contributed by atoms with Gasteiger partial charge in [-0.05, 0) is 30.1 Å². The molecule has 198 valence electrons. The molecule has 4 fully saturated rings. The molecule has 0 aromatic rings. The molecule has 0 aromatic carbocycles. The fraction of sp³-hybridized carbons (Fsp3) is 0.792. The summed E-state index contributed by atoms with van der Waals surface area (Å²) in [7, 11) is 0. The maximum absolute atomic E-state index is 13.6. The van der Waals surface area contributed by atoms with E-state index in [4.69, 9.17) is 0 Å². The van der Waals surface area contributed by atoms with Gasteiger partial charge in [0.25, 0.3) is 0 Å². The zero-order valence-corrected chi connectivity index (χ0v) is 21.0. The van der Waals surface area contributed by atoms with Crippen molar-refractivity contribution in [1.82, 2.24) is 20.9 Å². The number of likely N-dealkylation sites (tertiary alicyclic amines) is 1. The molecule has 2 aliphatic heterocycles. The van der Waals surface area contributed by atoms with E-state index in [1.165, 1.54) is 25.7 Å². The van der Waals surface area contributed by atoms with Gasteiger partial charge < -0.3 is 20.9 Å². The van der Waals surface area contributed by atoms with E-state index in [0.29, 0.717) is 19.4 Å². The normalized spacial score (nSPS) is 33.4. The van der Waals surface area contributed by atoms with Crippen molar-refractivity contribution in [3.63, 3.8) is 0 Å². The van der Waals surface area contributed by atoms with Crippen LogP contribution in [0.5, 0.6) is 0 Å². The van der Waals surface area contributed by atoms with Crippen LogP contribution >= 0.6 is 0 Å². The second-order valence-corrected chi connectivity index (χ2v) is 12.2. The smallest absolute Gasteiger partial charge is 0.356 e. The van der Waals surface area contributed by atoms with E-state index in [0.717, 1.165) is 0 Å². The lowest BCUT2D eigenvalue weighted by Gasteiger charge is -2.42. The molecule has 2 saturated carbocycles. The van der Waals surface area contributed by atoms with Crippen LogP contribution in [0.3, 0.4) is 0 Å². The lowest BCUT2D eigenvalue weighted by atomic mass is 9.79. The number of hydrogen-bond acceptors (Lipinski definition) is 5. The summed E-state index contributed by atoms with van der Waals surface area (Å²) in [5.41, 5.74) is -2.16. The van der Waals surface area contributed by atoms with E-state index in [1.807, 2.05) is 25.2 Å². The van der Waals surface area contributed by atoms with Gasteiger partial charge >= 0.3 is 12.1 Å². The number of alkyl halides is 3. The minimum atomic E-state index is -5.16. The first-order valence-electron chi connectivity index (χ1n) is 12.1. The summed E-state index contributed by atoms with van der Waals surface area (Å²) in [6.45, 7) is 9.30. The number of amides is 4. The van der Waals surface area contributed by atoms with Crippen molar-refractivity contribution in [3.8, 4) is 6.07 Å². The molecule has 0 bridgehead atoms. The van der Waals surface area contributed by atoms with Gasteiger partial charge in [0.2, 0.25) is 17.7 Å². The molecule has 4 rings (SSSR count). The fourth-order valence-corrected chi connectivity index (χ4v) is 6.85. The van der Waals surface area contributed by atoms with E-state index in [-0.39, 0.29) is 29.7 Å². The van der Waals surface area contributed by atoms with Gasteiger partial charge in [-0.15, -0.1) is 0 Å². The highest BCUT2D eigenvalue weighted by Gasteiger charge is 3.02. The molecule has 0 spiro atoms. The van der Waals surface area contributed by atoms with Gasteiger partial charge in [0.15, 0.2) is 0 Å². The van der Waals surface area contributed by atoms with Gasteiger partial charge in [-0.3, -0.25) is 19.2 Å². The van der Waals surface area contributed by atoms with Crippen molar-refractivity contribution in [2.45, 2.75) is 78.2 Å². The van der Waals surface area contributed by atoms with E-state index in [1.54, 1.807) is 0 Å². The summed E-state index contributed by atoms with van der Waals surface area (Å²) in [4.78, 5) is 52.1. The molecule has 2 aliphatic carbocycles. The molecule has 2 saturated heterocycles. The van der Waals surface area contributed by atoms with Crippen molar-refractivity contribution in [3.05, 3.63) is 0 Å². The van der Waals surface area contributed by atoms with Crippen LogP contribution in [0.2, 0.25) is 0 Å². The Kier molecular flexibility index (Phi) is 5.70. The number of nitriles is 1. The third kappa shape index (κ3) is 3.57. The minimum Gasteiger partial charge on any atom is -0.356 e. The van der Waals surface area contributed by atoms with Crippen LogP contribution < -0.4 is 16.0 Å². The van der Waals surface area contributed by atoms with Crippen LogP contribution in [-0.2, 0) is 19.2 Å². The summed E-state index contributed by atoms with van der Waals surface area (Å²) < 4.78 is 39.0. The SMILES string of the molecule is CC(C)(C)[C@H](NC(=O)C(F)(F)F)C(=O)N1CC23CC2([C@H]1C(=O)N[C@H](C#N)C[C@@H]1CCNC1=O)C3(C)C. The topological polar surface area (TPSA) is 131 Å². The van der Waals surface area contributed by atoms with Crippen molar-refractivity contribution < 1.29 is 32.3 Å². The number of rotatable bonds is 6. The molecular weight excluding hydrogens is 479 g/mol. The third-order valence-corrected chi connectivity index (χ3v) is 9.11. The number of carbonyl (C=O) groups is 4. The van der Waals surface area contributed by atoms with Gasteiger partial charge in [-0.25, -0.2) is 0 Å². The zero-order valence-electron chi connectivity index (χ0n) is 21.0. The van der Waals surface area contributed by atoms with Crippen molar-refractivity contribution >= 4 is 23.6 Å². The quantitative estimate of drug-likeness (QED) is 0.494. The molecule has 2 unspecified atom stereocenters. The Bertz CT molecular complexity index is 1060. The molecule has 2 heterocycles. The first-order chi connectivity index (χ1) is 16.4. The van der Waals surface area contributed by atoms with E-state index in [2.05, 4.69) is 10.6 Å². The van der Waals surface area contributed by atoms with Crippen molar-refractivity contribution in [1.29, 1.82) is 5.26 Å². The molecule has 6 atom stereocenters. The average molecular weight is 512 g/mol. The third-order valence-electron chi connectivity index (χ3n) is 9.11. The van der Waals surface area contributed by atoms with Crippen LogP contribution in [0, 0.1) is 38.9 Å². The van der Waals surface area contributed by atoms with Gasteiger partial charge in [-0.2, -0.15) is 18.4 Å². The Hall–Kier alpha value is -2.84. The fourth-order valence-electron chi connectivity index (χ4n) is 6.85. The maximum Gasteiger partial charge on any atom is 0.471 e.